The van der Waals surface area contributed by atoms with Crippen LogP contribution in [0, 0.1) is 0 Å². The van der Waals surface area contributed by atoms with Crippen molar-refractivity contribution in [2.45, 2.75) is 13.5 Å². The SMILES string of the molecule is CCOc1ccc(NC(=O)c2cccn(Cc3cc(OC)cc(OC)c3)c2=O)cc1. The molecule has 0 spiro atoms. The molecular weight excluding hydrogens is 384 g/mol. The minimum Gasteiger partial charge on any atom is -0.497 e. The van der Waals surface area contributed by atoms with E-state index in [9.17, 15) is 9.59 Å². The first-order valence-electron chi connectivity index (χ1n) is 9.49. The van der Waals surface area contributed by atoms with Crippen molar-refractivity contribution in [3.8, 4) is 17.2 Å². The lowest BCUT2D eigenvalue weighted by Gasteiger charge is -2.11. The van der Waals surface area contributed by atoms with Crippen molar-refractivity contribution in [1.82, 2.24) is 4.57 Å². The molecule has 1 amide bonds. The minimum absolute atomic E-state index is 0.0567. The van der Waals surface area contributed by atoms with Gasteiger partial charge in [-0.2, -0.15) is 0 Å². The van der Waals surface area contributed by atoms with Gasteiger partial charge < -0.3 is 24.1 Å². The normalized spacial score (nSPS) is 10.4. The number of pyridine rings is 1. The molecule has 0 bridgehead atoms. The average molecular weight is 408 g/mol. The second-order valence-corrected chi connectivity index (χ2v) is 6.49. The van der Waals surface area contributed by atoms with Crippen LogP contribution in [0.2, 0.25) is 0 Å². The Morgan fingerprint density at radius 3 is 2.23 bits per heavy atom. The highest BCUT2D eigenvalue weighted by molar-refractivity contribution is 6.04. The van der Waals surface area contributed by atoms with E-state index in [4.69, 9.17) is 14.2 Å². The van der Waals surface area contributed by atoms with Crippen molar-refractivity contribution in [2.75, 3.05) is 26.1 Å². The van der Waals surface area contributed by atoms with E-state index in [2.05, 4.69) is 5.32 Å². The first-order valence-corrected chi connectivity index (χ1v) is 9.49. The number of anilines is 1. The number of benzene rings is 2. The minimum atomic E-state index is -0.471. The van der Waals surface area contributed by atoms with Gasteiger partial charge in [0.05, 0.1) is 27.4 Å². The zero-order chi connectivity index (χ0) is 21.5. The molecule has 3 rings (SSSR count). The molecule has 1 heterocycles. The highest BCUT2D eigenvalue weighted by atomic mass is 16.5. The number of hydrogen-bond donors (Lipinski definition) is 1. The Bertz CT molecular complexity index is 1050. The average Bonchev–Trinajstić information content (AvgIpc) is 2.76. The molecule has 0 fully saturated rings. The Morgan fingerprint density at radius 2 is 1.63 bits per heavy atom. The molecule has 0 atom stereocenters. The Balaban J connectivity index is 1.81. The highest BCUT2D eigenvalue weighted by Crippen LogP contribution is 2.23. The van der Waals surface area contributed by atoms with Crippen LogP contribution in [-0.2, 0) is 6.54 Å². The zero-order valence-corrected chi connectivity index (χ0v) is 17.2. The summed E-state index contributed by atoms with van der Waals surface area (Å²) in [6.45, 7) is 2.74. The predicted molar refractivity (Wildman–Crippen MR) is 115 cm³/mol. The van der Waals surface area contributed by atoms with Crippen LogP contribution in [0.4, 0.5) is 5.69 Å². The van der Waals surface area contributed by atoms with Gasteiger partial charge in [0.2, 0.25) is 0 Å². The maximum Gasteiger partial charge on any atom is 0.263 e. The third-order valence-corrected chi connectivity index (χ3v) is 4.45. The molecule has 0 radical (unpaired) electrons. The summed E-state index contributed by atoms with van der Waals surface area (Å²) in [7, 11) is 3.13. The molecule has 7 heteroatoms. The monoisotopic (exact) mass is 408 g/mol. The maximum atomic E-state index is 12.9. The first-order chi connectivity index (χ1) is 14.5. The van der Waals surface area contributed by atoms with Gasteiger partial charge in [-0.25, -0.2) is 0 Å². The predicted octanol–water partition coefficient (Wildman–Crippen LogP) is 3.56. The van der Waals surface area contributed by atoms with Crippen LogP contribution < -0.4 is 25.1 Å². The summed E-state index contributed by atoms with van der Waals surface area (Å²) in [5.41, 5.74) is 1.07. The largest absolute Gasteiger partial charge is 0.497 e. The Labute approximate surface area is 174 Å². The maximum absolute atomic E-state index is 12.9. The summed E-state index contributed by atoms with van der Waals surface area (Å²) in [5, 5.41) is 2.75. The third-order valence-electron chi connectivity index (χ3n) is 4.45. The second kappa shape index (κ2) is 9.65. The van der Waals surface area contributed by atoms with E-state index in [0.29, 0.717) is 29.5 Å². The van der Waals surface area contributed by atoms with Gasteiger partial charge >= 0.3 is 0 Å². The lowest BCUT2D eigenvalue weighted by atomic mass is 10.2. The van der Waals surface area contributed by atoms with Gasteiger partial charge in [0.25, 0.3) is 11.5 Å². The summed E-state index contributed by atoms with van der Waals surface area (Å²) >= 11 is 0. The zero-order valence-electron chi connectivity index (χ0n) is 17.2. The topological polar surface area (TPSA) is 78.8 Å². The van der Waals surface area contributed by atoms with Crippen LogP contribution in [0.5, 0.6) is 17.2 Å². The van der Waals surface area contributed by atoms with Crippen LogP contribution in [0.3, 0.4) is 0 Å². The molecule has 7 nitrogen and oxygen atoms in total. The molecule has 0 aliphatic heterocycles. The van der Waals surface area contributed by atoms with Gasteiger partial charge in [-0.3, -0.25) is 9.59 Å². The molecule has 2 aromatic carbocycles. The van der Waals surface area contributed by atoms with Crippen molar-refractivity contribution in [2.24, 2.45) is 0 Å². The molecule has 1 N–H and O–H groups in total. The van der Waals surface area contributed by atoms with E-state index in [1.165, 1.54) is 10.6 Å². The lowest BCUT2D eigenvalue weighted by Crippen LogP contribution is -2.29. The fourth-order valence-electron chi connectivity index (χ4n) is 2.99. The number of carbonyl (C=O) groups is 1. The fraction of sp³-hybridized carbons (Fsp3) is 0.217. The number of amides is 1. The molecule has 1 aromatic heterocycles. The van der Waals surface area contributed by atoms with Gasteiger partial charge in [-0.15, -0.1) is 0 Å². The number of hydrogen-bond acceptors (Lipinski definition) is 5. The number of aromatic nitrogens is 1. The molecule has 30 heavy (non-hydrogen) atoms. The fourth-order valence-corrected chi connectivity index (χ4v) is 2.99. The second-order valence-electron chi connectivity index (χ2n) is 6.49. The van der Waals surface area contributed by atoms with E-state index in [1.54, 1.807) is 56.8 Å². The van der Waals surface area contributed by atoms with Gasteiger partial charge in [0.15, 0.2) is 0 Å². The molecule has 3 aromatic rings. The standard InChI is InChI=1S/C23H24N2O5/c1-4-30-18-9-7-17(8-10-18)24-22(26)21-6-5-11-25(23(21)27)15-16-12-19(28-2)14-20(13-16)29-3/h5-14H,4,15H2,1-3H3,(H,24,26). The number of carbonyl (C=O) groups excluding carboxylic acids is 1. The number of rotatable bonds is 8. The van der Waals surface area contributed by atoms with E-state index in [-0.39, 0.29) is 17.7 Å². The van der Waals surface area contributed by atoms with E-state index < -0.39 is 5.91 Å². The third kappa shape index (κ3) is 5.00. The first kappa shape index (κ1) is 21.0. The number of ether oxygens (including phenoxy) is 3. The molecule has 156 valence electrons. The summed E-state index contributed by atoms with van der Waals surface area (Å²) in [5.74, 6) is 1.50. The lowest BCUT2D eigenvalue weighted by molar-refractivity contribution is 0.102. The Kier molecular flexibility index (Phi) is 6.75. The Hall–Kier alpha value is -3.74. The van der Waals surface area contributed by atoms with E-state index in [1.807, 2.05) is 19.1 Å². The van der Waals surface area contributed by atoms with E-state index in [0.717, 1.165) is 5.56 Å². The van der Waals surface area contributed by atoms with Crippen molar-refractivity contribution >= 4 is 11.6 Å². The van der Waals surface area contributed by atoms with Crippen molar-refractivity contribution in [3.63, 3.8) is 0 Å². The van der Waals surface area contributed by atoms with Gasteiger partial charge in [0.1, 0.15) is 22.8 Å². The summed E-state index contributed by atoms with van der Waals surface area (Å²) in [6.07, 6.45) is 1.64. The molecule has 0 unspecified atom stereocenters. The van der Waals surface area contributed by atoms with Gasteiger partial charge in [-0.05, 0) is 61.0 Å². The highest BCUT2D eigenvalue weighted by Gasteiger charge is 2.13. The molecule has 0 aliphatic carbocycles. The van der Waals surface area contributed by atoms with E-state index >= 15 is 0 Å². The smallest absolute Gasteiger partial charge is 0.263 e. The summed E-state index contributed by atoms with van der Waals surface area (Å²) in [6, 6.07) is 15.6. The molecule has 0 saturated heterocycles. The van der Waals surface area contributed by atoms with Crippen LogP contribution in [0.1, 0.15) is 22.8 Å². The Morgan fingerprint density at radius 1 is 0.967 bits per heavy atom. The molecule has 0 aliphatic rings. The van der Waals surface area contributed by atoms with Crippen molar-refractivity contribution in [3.05, 3.63) is 82.3 Å². The van der Waals surface area contributed by atoms with Crippen molar-refractivity contribution in [1.29, 1.82) is 0 Å². The van der Waals surface area contributed by atoms with Gasteiger partial charge in [-0.1, -0.05) is 0 Å². The van der Waals surface area contributed by atoms with Crippen LogP contribution in [0.15, 0.2) is 65.6 Å². The summed E-state index contributed by atoms with van der Waals surface area (Å²) in [4.78, 5) is 25.5. The molecule has 0 saturated carbocycles. The van der Waals surface area contributed by atoms with Gasteiger partial charge in [0, 0.05) is 18.0 Å². The van der Waals surface area contributed by atoms with Crippen LogP contribution >= 0.6 is 0 Å². The number of nitrogens with zero attached hydrogens (tertiary/aromatic N) is 1. The number of methoxy groups -OCH3 is 2. The molecular formula is C23H24N2O5. The van der Waals surface area contributed by atoms with Crippen LogP contribution in [-0.4, -0.2) is 31.3 Å². The summed E-state index contributed by atoms with van der Waals surface area (Å²) < 4.78 is 17.4. The quantitative estimate of drug-likeness (QED) is 0.617. The van der Waals surface area contributed by atoms with Crippen LogP contribution in [0.25, 0.3) is 0 Å². The number of nitrogens with one attached hydrogen (secondary N) is 1. The van der Waals surface area contributed by atoms with Crippen molar-refractivity contribution < 1.29 is 19.0 Å².